The number of ether oxygens (including phenoxy) is 2. The van der Waals surface area contributed by atoms with Crippen LogP contribution in [0.2, 0.25) is 0 Å². The lowest BCUT2D eigenvalue weighted by Crippen LogP contribution is -2.08. The summed E-state index contributed by atoms with van der Waals surface area (Å²) < 4.78 is 17.0. The van der Waals surface area contributed by atoms with E-state index in [0.717, 1.165) is 11.3 Å². The standard InChI is InChI=1S/C15H15N5O4S/c1-20-15(16-18-19-20)25-9-14(21)23-8-11-7-13(24-17-11)10-3-5-12(22-2)6-4-10/h3-7H,8-9H2,1-2H3. The summed E-state index contributed by atoms with van der Waals surface area (Å²) in [6, 6.07) is 9.11. The molecule has 0 aliphatic heterocycles. The van der Waals surface area contributed by atoms with Crippen LogP contribution in [-0.2, 0) is 23.2 Å². The van der Waals surface area contributed by atoms with Crippen LogP contribution < -0.4 is 4.74 Å². The Morgan fingerprint density at radius 1 is 1.32 bits per heavy atom. The van der Waals surface area contributed by atoms with Crippen molar-refractivity contribution in [1.82, 2.24) is 25.4 Å². The van der Waals surface area contributed by atoms with Crippen LogP contribution in [0.25, 0.3) is 11.3 Å². The molecule has 0 saturated heterocycles. The Bertz CT molecular complexity index is 846. The fraction of sp³-hybridized carbons (Fsp3) is 0.267. The molecule has 0 N–H and O–H groups in total. The first kappa shape index (κ1) is 17.0. The van der Waals surface area contributed by atoms with Gasteiger partial charge in [0.25, 0.3) is 0 Å². The molecule has 0 bridgehead atoms. The number of thioether (sulfide) groups is 1. The quantitative estimate of drug-likeness (QED) is 0.459. The SMILES string of the molecule is COc1ccc(-c2cc(COC(=O)CSc3nnnn3C)no2)cc1. The molecule has 2 heterocycles. The van der Waals surface area contributed by atoms with Crippen molar-refractivity contribution in [1.29, 1.82) is 0 Å². The van der Waals surface area contributed by atoms with Gasteiger partial charge in [-0.3, -0.25) is 4.79 Å². The first-order valence-corrected chi connectivity index (χ1v) is 8.25. The molecule has 130 valence electrons. The fourth-order valence-corrected chi connectivity index (χ4v) is 2.58. The normalized spacial score (nSPS) is 10.6. The van der Waals surface area contributed by atoms with Gasteiger partial charge in [-0.25, -0.2) is 4.68 Å². The van der Waals surface area contributed by atoms with Gasteiger partial charge in [0, 0.05) is 18.7 Å². The predicted molar refractivity (Wildman–Crippen MR) is 87.8 cm³/mol. The third-order valence-corrected chi connectivity index (χ3v) is 4.20. The monoisotopic (exact) mass is 361 g/mol. The van der Waals surface area contributed by atoms with Crippen LogP contribution in [0.15, 0.2) is 40.0 Å². The van der Waals surface area contributed by atoms with Crippen LogP contribution >= 0.6 is 11.8 Å². The molecule has 3 aromatic rings. The van der Waals surface area contributed by atoms with Crippen molar-refractivity contribution in [3.05, 3.63) is 36.0 Å². The second kappa shape index (κ2) is 7.79. The van der Waals surface area contributed by atoms with Crippen molar-refractivity contribution in [2.45, 2.75) is 11.8 Å². The highest BCUT2D eigenvalue weighted by Gasteiger charge is 2.12. The van der Waals surface area contributed by atoms with Gasteiger partial charge in [0.15, 0.2) is 5.76 Å². The Morgan fingerprint density at radius 2 is 2.12 bits per heavy atom. The lowest BCUT2D eigenvalue weighted by molar-refractivity contribution is -0.141. The largest absolute Gasteiger partial charge is 0.497 e. The summed E-state index contributed by atoms with van der Waals surface area (Å²) in [5.41, 5.74) is 1.39. The van der Waals surface area contributed by atoms with Crippen LogP contribution in [0, 0.1) is 0 Å². The van der Waals surface area contributed by atoms with E-state index in [1.165, 1.54) is 16.4 Å². The molecule has 0 unspecified atom stereocenters. The van der Waals surface area contributed by atoms with Gasteiger partial charge in [0.05, 0.1) is 12.9 Å². The van der Waals surface area contributed by atoms with Crippen molar-refractivity contribution in [2.24, 2.45) is 7.05 Å². The molecule has 25 heavy (non-hydrogen) atoms. The number of carbonyl (C=O) groups is 1. The zero-order valence-corrected chi connectivity index (χ0v) is 14.4. The van der Waals surface area contributed by atoms with E-state index in [4.69, 9.17) is 14.0 Å². The van der Waals surface area contributed by atoms with E-state index in [1.54, 1.807) is 20.2 Å². The van der Waals surface area contributed by atoms with E-state index in [1.807, 2.05) is 24.3 Å². The van der Waals surface area contributed by atoms with E-state index in [9.17, 15) is 4.79 Å². The fourth-order valence-electron chi connectivity index (χ4n) is 1.93. The van der Waals surface area contributed by atoms with E-state index in [2.05, 4.69) is 20.7 Å². The average Bonchev–Trinajstić information content (AvgIpc) is 3.27. The zero-order valence-electron chi connectivity index (χ0n) is 13.6. The maximum Gasteiger partial charge on any atom is 0.316 e. The van der Waals surface area contributed by atoms with Crippen molar-refractivity contribution in [3.63, 3.8) is 0 Å². The Hall–Kier alpha value is -2.88. The number of aryl methyl sites for hydroxylation is 1. The summed E-state index contributed by atoms with van der Waals surface area (Å²) in [5, 5.41) is 15.4. The molecule has 10 heteroatoms. The molecule has 0 spiro atoms. The number of hydrogen-bond donors (Lipinski definition) is 0. The zero-order chi connectivity index (χ0) is 17.6. The van der Waals surface area contributed by atoms with Crippen molar-refractivity contribution in [2.75, 3.05) is 12.9 Å². The van der Waals surface area contributed by atoms with Gasteiger partial charge in [-0.15, -0.1) is 5.10 Å². The van der Waals surface area contributed by atoms with Gasteiger partial charge >= 0.3 is 5.97 Å². The number of tetrazole rings is 1. The third-order valence-electron chi connectivity index (χ3n) is 3.21. The number of aromatic nitrogens is 5. The van der Waals surface area contributed by atoms with Gasteiger partial charge in [0.1, 0.15) is 18.1 Å². The van der Waals surface area contributed by atoms with E-state index in [0.29, 0.717) is 16.6 Å². The molecule has 3 rings (SSSR count). The van der Waals surface area contributed by atoms with Crippen molar-refractivity contribution >= 4 is 17.7 Å². The van der Waals surface area contributed by atoms with Crippen molar-refractivity contribution < 1.29 is 18.8 Å². The van der Waals surface area contributed by atoms with Crippen LogP contribution in [0.4, 0.5) is 0 Å². The second-order valence-corrected chi connectivity index (χ2v) is 5.89. The highest BCUT2D eigenvalue weighted by atomic mass is 32.2. The Kier molecular flexibility index (Phi) is 5.29. The third kappa shape index (κ3) is 4.35. The maximum absolute atomic E-state index is 11.8. The number of carbonyl (C=O) groups excluding carboxylic acids is 1. The summed E-state index contributed by atoms with van der Waals surface area (Å²) >= 11 is 1.20. The molecule has 0 radical (unpaired) electrons. The van der Waals surface area contributed by atoms with E-state index >= 15 is 0 Å². The smallest absolute Gasteiger partial charge is 0.316 e. The van der Waals surface area contributed by atoms with Crippen LogP contribution in [0.3, 0.4) is 0 Å². The molecule has 1 aromatic carbocycles. The second-order valence-electron chi connectivity index (χ2n) is 4.95. The van der Waals surface area contributed by atoms with Gasteiger partial charge in [-0.05, 0) is 34.7 Å². The molecule has 0 fully saturated rings. The van der Waals surface area contributed by atoms with E-state index < -0.39 is 0 Å². The summed E-state index contributed by atoms with van der Waals surface area (Å²) in [4.78, 5) is 11.8. The summed E-state index contributed by atoms with van der Waals surface area (Å²) in [6.07, 6.45) is 0. The highest BCUT2D eigenvalue weighted by molar-refractivity contribution is 7.99. The summed E-state index contributed by atoms with van der Waals surface area (Å²) in [6.45, 7) is 0.0378. The molecule has 0 aliphatic rings. The molecule has 0 atom stereocenters. The lowest BCUT2D eigenvalue weighted by Gasteiger charge is -2.01. The maximum atomic E-state index is 11.8. The molecule has 9 nitrogen and oxygen atoms in total. The molecule has 2 aromatic heterocycles. The number of nitrogens with zero attached hydrogens (tertiary/aromatic N) is 5. The highest BCUT2D eigenvalue weighted by Crippen LogP contribution is 2.23. The number of benzene rings is 1. The van der Waals surface area contributed by atoms with Crippen LogP contribution in [0.5, 0.6) is 5.75 Å². The first-order chi connectivity index (χ1) is 12.2. The number of methoxy groups -OCH3 is 1. The number of esters is 1. The number of hydrogen-bond acceptors (Lipinski definition) is 9. The predicted octanol–water partition coefficient (Wildman–Crippen LogP) is 1.71. The van der Waals surface area contributed by atoms with Crippen LogP contribution in [-0.4, -0.2) is 44.2 Å². The Balaban J connectivity index is 1.51. The molecular weight excluding hydrogens is 346 g/mol. The topological polar surface area (TPSA) is 105 Å². The molecule has 0 saturated carbocycles. The van der Waals surface area contributed by atoms with Crippen molar-refractivity contribution in [3.8, 4) is 17.1 Å². The van der Waals surface area contributed by atoms with Gasteiger partial charge in [0.2, 0.25) is 5.16 Å². The van der Waals surface area contributed by atoms with Gasteiger partial charge in [-0.1, -0.05) is 16.9 Å². The molecule has 0 amide bonds. The van der Waals surface area contributed by atoms with Gasteiger partial charge < -0.3 is 14.0 Å². The summed E-state index contributed by atoms with van der Waals surface area (Å²) in [7, 11) is 3.30. The van der Waals surface area contributed by atoms with Gasteiger partial charge in [-0.2, -0.15) is 0 Å². The lowest BCUT2D eigenvalue weighted by atomic mass is 10.1. The molecule has 0 aliphatic carbocycles. The number of rotatable bonds is 7. The molecular formula is C15H15N5O4S. The Labute approximate surface area is 147 Å². The van der Waals surface area contributed by atoms with E-state index in [-0.39, 0.29) is 18.3 Å². The summed E-state index contributed by atoms with van der Waals surface area (Å²) in [5.74, 6) is 1.07. The Morgan fingerprint density at radius 3 is 2.80 bits per heavy atom. The first-order valence-electron chi connectivity index (χ1n) is 7.26. The average molecular weight is 361 g/mol. The minimum absolute atomic E-state index is 0.0378. The minimum Gasteiger partial charge on any atom is -0.497 e. The van der Waals surface area contributed by atoms with Crippen LogP contribution in [0.1, 0.15) is 5.69 Å². The minimum atomic E-state index is -0.387.